The summed E-state index contributed by atoms with van der Waals surface area (Å²) < 4.78 is 5.07. The Morgan fingerprint density at radius 1 is 1.73 bits per heavy atom. The van der Waals surface area contributed by atoms with Crippen molar-refractivity contribution < 1.29 is 9.53 Å². The first-order chi connectivity index (χ1) is 5.16. The van der Waals surface area contributed by atoms with Gasteiger partial charge in [0.25, 0.3) is 0 Å². The van der Waals surface area contributed by atoms with Gasteiger partial charge in [-0.3, -0.25) is 4.79 Å². The van der Waals surface area contributed by atoms with Crippen LogP contribution in [0.25, 0.3) is 0 Å². The Labute approximate surface area is 76.9 Å². The predicted molar refractivity (Wildman–Crippen MR) is 50.8 cm³/mol. The number of thiol groups is 1. The molecule has 0 amide bonds. The summed E-state index contributed by atoms with van der Waals surface area (Å²) in [6.45, 7) is 2.68. The van der Waals surface area contributed by atoms with Crippen LogP contribution in [0, 0.1) is 0 Å². The Kier molecular flexibility index (Phi) is 6.25. The lowest BCUT2D eigenvalue weighted by atomic mass is 10.4. The van der Waals surface area contributed by atoms with Gasteiger partial charge in [0.05, 0.1) is 13.0 Å². The first kappa shape index (κ1) is 10.7. The molecular weight excluding hydrogens is 182 g/mol. The maximum atomic E-state index is 10.7. The van der Waals surface area contributed by atoms with E-state index in [0.29, 0.717) is 23.9 Å². The van der Waals surface area contributed by atoms with Crippen LogP contribution in [0.5, 0.6) is 0 Å². The number of esters is 1. The molecule has 64 valence electrons. The second kappa shape index (κ2) is 6.42. The van der Waals surface area contributed by atoms with Crippen LogP contribution >= 0.6 is 24.8 Å². The summed E-state index contributed by atoms with van der Waals surface area (Å²) in [7, 11) is 0. The largest absolute Gasteiger partial charge is 0.466 e. The first-order valence-electron chi connectivity index (χ1n) is 3.29. The van der Waals surface area contributed by atoms with E-state index < -0.39 is 0 Å². The van der Waals surface area contributed by atoms with Crippen LogP contribution in [0.15, 0.2) is 0 Å². The molecule has 3 nitrogen and oxygen atoms in total. The van der Waals surface area contributed by atoms with Crippen molar-refractivity contribution in [2.75, 3.05) is 13.2 Å². The Balaban J connectivity index is 3.24. The van der Waals surface area contributed by atoms with Gasteiger partial charge in [-0.1, -0.05) is 12.2 Å². The average molecular weight is 193 g/mol. The summed E-state index contributed by atoms with van der Waals surface area (Å²) >= 11 is 8.43. The van der Waals surface area contributed by atoms with Crippen molar-refractivity contribution in [2.24, 2.45) is 0 Å². The number of ether oxygens (including phenoxy) is 1. The second-order valence-electron chi connectivity index (χ2n) is 1.79. The monoisotopic (exact) mass is 193 g/mol. The minimum atomic E-state index is -0.218. The highest BCUT2D eigenvalue weighted by Crippen LogP contribution is 1.85. The van der Waals surface area contributed by atoms with Gasteiger partial charge in [-0.25, -0.2) is 0 Å². The second-order valence-corrected chi connectivity index (χ2v) is 2.94. The van der Waals surface area contributed by atoms with Gasteiger partial charge >= 0.3 is 5.97 Å². The molecule has 0 atom stereocenters. The lowest BCUT2D eigenvalue weighted by molar-refractivity contribution is -0.142. The highest BCUT2D eigenvalue weighted by molar-refractivity contribution is 8.11. The van der Waals surface area contributed by atoms with Gasteiger partial charge in [-0.15, -0.1) is 12.6 Å². The van der Waals surface area contributed by atoms with Crippen molar-refractivity contribution in [3.05, 3.63) is 0 Å². The molecule has 0 aromatic heterocycles. The summed E-state index contributed by atoms with van der Waals surface area (Å²) in [5.41, 5.74) is 0. The van der Waals surface area contributed by atoms with Gasteiger partial charge < -0.3 is 10.1 Å². The van der Waals surface area contributed by atoms with Crippen LogP contribution < -0.4 is 5.32 Å². The molecule has 0 fully saturated rings. The zero-order chi connectivity index (χ0) is 8.69. The van der Waals surface area contributed by atoms with E-state index in [0.717, 1.165) is 0 Å². The van der Waals surface area contributed by atoms with Crippen molar-refractivity contribution in [2.45, 2.75) is 13.3 Å². The van der Waals surface area contributed by atoms with Crippen molar-refractivity contribution in [1.82, 2.24) is 5.32 Å². The van der Waals surface area contributed by atoms with Crippen LogP contribution in [0.3, 0.4) is 0 Å². The molecule has 0 spiro atoms. The summed E-state index contributed by atoms with van der Waals surface area (Å²) in [4.78, 5) is 10.7. The van der Waals surface area contributed by atoms with Crippen LogP contribution in [-0.2, 0) is 9.53 Å². The summed E-state index contributed by atoms with van der Waals surface area (Å²) in [5.74, 6) is -0.218. The number of hydrogen-bond acceptors (Lipinski definition) is 3. The third-order valence-electron chi connectivity index (χ3n) is 0.911. The number of rotatable bonds is 4. The fourth-order valence-corrected chi connectivity index (χ4v) is 0.719. The van der Waals surface area contributed by atoms with Crippen molar-refractivity contribution in [1.29, 1.82) is 0 Å². The first-order valence-corrected chi connectivity index (χ1v) is 4.14. The zero-order valence-corrected chi connectivity index (χ0v) is 8.00. The highest BCUT2D eigenvalue weighted by atomic mass is 32.1. The standard InChI is InChI=1S/C6H11NO2S2/c1-2-9-5(8)3-4-7-6(10)11/h2-4H2,1H3,(H2,7,10,11). The Bertz CT molecular complexity index is 150. The summed E-state index contributed by atoms with van der Waals surface area (Å²) in [5, 5.41) is 2.73. The van der Waals surface area contributed by atoms with E-state index >= 15 is 0 Å². The molecule has 0 radical (unpaired) electrons. The maximum Gasteiger partial charge on any atom is 0.307 e. The van der Waals surface area contributed by atoms with Crippen LogP contribution in [0.2, 0.25) is 0 Å². The highest BCUT2D eigenvalue weighted by Gasteiger charge is 1.99. The molecule has 0 heterocycles. The molecule has 0 unspecified atom stereocenters. The number of hydrogen-bond donors (Lipinski definition) is 2. The molecule has 0 aliphatic rings. The van der Waals surface area contributed by atoms with Crippen LogP contribution in [-0.4, -0.2) is 23.4 Å². The third-order valence-corrected chi connectivity index (χ3v) is 1.21. The lowest BCUT2D eigenvalue weighted by Crippen LogP contribution is -2.21. The van der Waals surface area contributed by atoms with Gasteiger partial charge in [-0.2, -0.15) is 0 Å². The fourth-order valence-electron chi connectivity index (χ4n) is 0.505. The van der Waals surface area contributed by atoms with Crippen molar-refractivity contribution >= 4 is 35.1 Å². The molecule has 0 bridgehead atoms. The van der Waals surface area contributed by atoms with E-state index in [9.17, 15) is 4.79 Å². The SMILES string of the molecule is CCOC(=O)CCNC(=S)S. The molecule has 0 saturated carbocycles. The molecule has 1 N–H and O–H groups in total. The minimum Gasteiger partial charge on any atom is -0.466 e. The third kappa shape index (κ3) is 7.61. The van der Waals surface area contributed by atoms with E-state index in [1.54, 1.807) is 6.92 Å². The van der Waals surface area contributed by atoms with Crippen LogP contribution in [0.4, 0.5) is 0 Å². The van der Waals surface area contributed by atoms with Crippen LogP contribution in [0.1, 0.15) is 13.3 Å². The molecule has 5 heteroatoms. The fraction of sp³-hybridized carbons (Fsp3) is 0.667. The number of thiocarbonyl (C=S) groups is 1. The predicted octanol–water partition coefficient (Wildman–Crippen LogP) is 0.744. The van der Waals surface area contributed by atoms with E-state index in [-0.39, 0.29) is 5.97 Å². The molecule has 0 aromatic rings. The molecule has 0 rings (SSSR count). The van der Waals surface area contributed by atoms with Gasteiger partial charge in [0.2, 0.25) is 0 Å². The molecule has 0 aliphatic carbocycles. The van der Waals surface area contributed by atoms with E-state index in [2.05, 4.69) is 34.9 Å². The van der Waals surface area contributed by atoms with Crippen molar-refractivity contribution in [3.63, 3.8) is 0 Å². The summed E-state index contributed by atoms with van der Waals surface area (Å²) in [6.07, 6.45) is 0.328. The quantitative estimate of drug-likeness (QED) is 0.392. The van der Waals surface area contributed by atoms with Gasteiger partial charge in [0, 0.05) is 6.54 Å². The number of carbonyl (C=O) groups excluding carboxylic acids is 1. The molecule has 11 heavy (non-hydrogen) atoms. The van der Waals surface area contributed by atoms with Crippen molar-refractivity contribution in [3.8, 4) is 0 Å². The van der Waals surface area contributed by atoms with E-state index in [4.69, 9.17) is 0 Å². The Morgan fingerprint density at radius 2 is 2.36 bits per heavy atom. The normalized spacial score (nSPS) is 8.91. The van der Waals surface area contributed by atoms with Gasteiger partial charge in [0.1, 0.15) is 4.32 Å². The lowest BCUT2D eigenvalue weighted by Gasteiger charge is -2.02. The summed E-state index contributed by atoms with van der Waals surface area (Å²) in [6, 6.07) is 0. The molecule has 0 aromatic carbocycles. The smallest absolute Gasteiger partial charge is 0.307 e. The Morgan fingerprint density at radius 3 is 2.82 bits per heavy atom. The molecular formula is C6H11NO2S2. The average Bonchev–Trinajstić information content (AvgIpc) is 1.87. The van der Waals surface area contributed by atoms with E-state index in [1.165, 1.54) is 0 Å². The molecule has 0 aliphatic heterocycles. The number of carbonyl (C=O) groups is 1. The van der Waals surface area contributed by atoms with Gasteiger partial charge in [0.15, 0.2) is 0 Å². The maximum absolute atomic E-state index is 10.7. The molecule has 0 saturated heterocycles. The van der Waals surface area contributed by atoms with Gasteiger partial charge in [-0.05, 0) is 6.92 Å². The van der Waals surface area contributed by atoms with E-state index in [1.807, 2.05) is 0 Å². The number of nitrogens with one attached hydrogen (secondary N) is 1. The minimum absolute atomic E-state index is 0.218. The Hall–Kier alpha value is -0.290. The zero-order valence-electron chi connectivity index (χ0n) is 6.29. The topological polar surface area (TPSA) is 38.3 Å².